The number of anilines is 1. The molecule has 5 nitrogen and oxygen atoms in total. The molecule has 164 valence electrons. The van der Waals surface area contributed by atoms with Gasteiger partial charge in [-0.2, -0.15) is 0 Å². The maximum Gasteiger partial charge on any atom is 0.265 e. The lowest BCUT2D eigenvalue weighted by atomic mass is 10.2. The van der Waals surface area contributed by atoms with Gasteiger partial charge >= 0.3 is 0 Å². The molecule has 7 heteroatoms. The van der Waals surface area contributed by atoms with E-state index in [9.17, 15) is 9.59 Å². The maximum atomic E-state index is 13.2. The topological polar surface area (TPSA) is 52.7 Å². The van der Waals surface area contributed by atoms with E-state index in [1.54, 1.807) is 4.90 Å². The Kier molecular flexibility index (Phi) is 8.75. The number of amides is 2. The molecule has 2 amide bonds. The quantitative estimate of drug-likeness (QED) is 0.396. The van der Waals surface area contributed by atoms with Crippen LogP contribution in [0.25, 0.3) is 6.08 Å². The highest BCUT2D eigenvalue weighted by atomic mass is 79.9. The summed E-state index contributed by atoms with van der Waals surface area (Å²) in [7, 11) is 0. The minimum atomic E-state index is -0.151. The average molecular weight is 502 g/mol. The van der Waals surface area contributed by atoms with Gasteiger partial charge in [0.05, 0.1) is 10.6 Å². The van der Waals surface area contributed by atoms with Crippen molar-refractivity contribution >= 4 is 51.3 Å². The first-order valence-electron chi connectivity index (χ1n) is 10.6. The smallest absolute Gasteiger partial charge is 0.265 e. The Morgan fingerprint density at radius 2 is 1.94 bits per heavy atom. The molecule has 31 heavy (non-hydrogen) atoms. The summed E-state index contributed by atoms with van der Waals surface area (Å²) in [6.07, 6.45) is 2.77. The first kappa shape index (κ1) is 23.6. The van der Waals surface area contributed by atoms with Gasteiger partial charge in [0, 0.05) is 15.9 Å². The Morgan fingerprint density at radius 3 is 2.68 bits per heavy atom. The van der Waals surface area contributed by atoms with Crippen molar-refractivity contribution in [3.63, 3.8) is 0 Å². The van der Waals surface area contributed by atoms with Crippen LogP contribution in [0.1, 0.15) is 25.8 Å². The predicted octanol–water partition coefficient (Wildman–Crippen LogP) is 4.78. The van der Waals surface area contributed by atoms with Crippen molar-refractivity contribution in [1.82, 2.24) is 10.2 Å². The fraction of sp³-hybridized carbons (Fsp3) is 0.333. The molecule has 0 aromatic heterocycles. The van der Waals surface area contributed by atoms with Gasteiger partial charge in [0.25, 0.3) is 5.91 Å². The minimum absolute atomic E-state index is 0.0114. The zero-order valence-electron chi connectivity index (χ0n) is 17.9. The molecule has 1 aliphatic rings. The van der Waals surface area contributed by atoms with Crippen LogP contribution in [0.15, 0.2) is 62.8 Å². The highest BCUT2D eigenvalue weighted by Crippen LogP contribution is 2.41. The number of nitrogens with zero attached hydrogens (tertiary/aromatic N) is 2. The third kappa shape index (κ3) is 6.45. The molecule has 0 radical (unpaired) electrons. The third-order valence-electron chi connectivity index (χ3n) is 5.15. The van der Waals surface area contributed by atoms with Crippen LogP contribution in [0, 0.1) is 0 Å². The third-order valence-corrected chi connectivity index (χ3v) is 6.72. The van der Waals surface area contributed by atoms with Gasteiger partial charge in [-0.05, 0) is 62.0 Å². The van der Waals surface area contributed by atoms with E-state index >= 15 is 0 Å². The molecule has 2 aromatic carbocycles. The molecular weight excluding hydrogens is 474 g/mol. The molecule has 3 rings (SSSR count). The van der Waals surface area contributed by atoms with Crippen molar-refractivity contribution in [2.24, 2.45) is 0 Å². The molecule has 0 aliphatic carbocycles. The van der Waals surface area contributed by atoms with Crippen LogP contribution in [0.3, 0.4) is 0 Å². The van der Waals surface area contributed by atoms with Gasteiger partial charge in [-0.15, -0.1) is 0 Å². The van der Waals surface area contributed by atoms with E-state index in [0.29, 0.717) is 11.4 Å². The summed E-state index contributed by atoms with van der Waals surface area (Å²) in [6, 6.07) is 15.5. The Balaban J connectivity index is 1.71. The summed E-state index contributed by atoms with van der Waals surface area (Å²) >= 11 is 4.92. The highest BCUT2D eigenvalue weighted by Gasteiger charge is 2.30. The van der Waals surface area contributed by atoms with E-state index in [0.717, 1.165) is 46.7 Å². The number of thioether (sulfide) groups is 1. The number of hydrogen-bond acceptors (Lipinski definition) is 4. The van der Waals surface area contributed by atoms with Gasteiger partial charge in [0.1, 0.15) is 6.54 Å². The van der Waals surface area contributed by atoms with Crippen molar-refractivity contribution in [1.29, 1.82) is 0 Å². The van der Waals surface area contributed by atoms with Crippen molar-refractivity contribution in [3.05, 3.63) is 63.5 Å². The van der Waals surface area contributed by atoms with Gasteiger partial charge in [-0.3, -0.25) is 14.5 Å². The molecule has 0 saturated heterocycles. The lowest BCUT2D eigenvalue weighted by Crippen LogP contribution is -2.43. The van der Waals surface area contributed by atoms with Crippen LogP contribution < -0.4 is 10.2 Å². The highest BCUT2D eigenvalue weighted by molar-refractivity contribution is 9.10. The van der Waals surface area contributed by atoms with Crippen molar-refractivity contribution in [2.75, 3.05) is 37.6 Å². The van der Waals surface area contributed by atoms with Crippen molar-refractivity contribution < 1.29 is 9.59 Å². The lowest BCUT2D eigenvalue weighted by Gasteiger charge is -2.30. The summed E-state index contributed by atoms with van der Waals surface area (Å²) in [6.45, 7) is 7.86. The monoisotopic (exact) mass is 501 g/mol. The number of nitrogens with one attached hydrogen (secondary N) is 1. The Hall–Kier alpha value is -2.09. The second-order valence-electron chi connectivity index (χ2n) is 7.26. The van der Waals surface area contributed by atoms with E-state index in [1.165, 1.54) is 11.8 Å². The second kappa shape index (κ2) is 11.5. The predicted molar refractivity (Wildman–Crippen MR) is 132 cm³/mol. The van der Waals surface area contributed by atoms with Crippen LogP contribution in [-0.4, -0.2) is 49.4 Å². The normalized spacial score (nSPS) is 14.8. The van der Waals surface area contributed by atoms with E-state index in [-0.39, 0.29) is 18.4 Å². The summed E-state index contributed by atoms with van der Waals surface area (Å²) in [5.74, 6) is -0.293. The van der Waals surface area contributed by atoms with Crippen LogP contribution in [0.5, 0.6) is 0 Å². The van der Waals surface area contributed by atoms with E-state index in [4.69, 9.17) is 0 Å². The number of halogens is 1. The Morgan fingerprint density at radius 1 is 1.16 bits per heavy atom. The molecule has 1 N–H and O–H groups in total. The fourth-order valence-electron chi connectivity index (χ4n) is 3.44. The largest absolute Gasteiger partial charge is 0.355 e. The molecule has 0 unspecified atom stereocenters. The van der Waals surface area contributed by atoms with Gasteiger partial charge < -0.3 is 10.2 Å². The summed E-state index contributed by atoms with van der Waals surface area (Å²) in [4.78, 5) is 31.3. The van der Waals surface area contributed by atoms with Gasteiger partial charge in [-0.1, -0.05) is 65.8 Å². The number of rotatable bonds is 9. The van der Waals surface area contributed by atoms with E-state index < -0.39 is 0 Å². The van der Waals surface area contributed by atoms with Crippen LogP contribution in [-0.2, 0) is 9.59 Å². The number of carbonyl (C=O) groups excluding carboxylic acids is 2. The molecule has 1 heterocycles. The number of fused-ring (bicyclic) bond motifs is 1. The molecule has 0 atom stereocenters. The molecule has 1 aliphatic heterocycles. The first-order chi connectivity index (χ1) is 15.0. The molecule has 0 saturated carbocycles. The van der Waals surface area contributed by atoms with Gasteiger partial charge in [-0.25, -0.2) is 0 Å². The van der Waals surface area contributed by atoms with E-state index in [1.807, 2.05) is 54.6 Å². The summed E-state index contributed by atoms with van der Waals surface area (Å²) in [5, 5.41) is 2.96. The zero-order valence-corrected chi connectivity index (χ0v) is 20.3. The molecular formula is C24H28BrN3O2S. The Labute approximate surface area is 197 Å². The first-order valence-corrected chi connectivity index (χ1v) is 12.2. The van der Waals surface area contributed by atoms with Gasteiger partial charge in [0.15, 0.2) is 0 Å². The van der Waals surface area contributed by atoms with Crippen molar-refractivity contribution in [2.45, 2.75) is 25.2 Å². The fourth-order valence-corrected chi connectivity index (χ4v) is 4.91. The van der Waals surface area contributed by atoms with Gasteiger partial charge in [0.2, 0.25) is 5.91 Å². The van der Waals surface area contributed by atoms with Crippen molar-refractivity contribution in [3.8, 4) is 0 Å². The molecule has 2 aromatic rings. The second-order valence-corrected chi connectivity index (χ2v) is 9.25. The number of hydrogen-bond donors (Lipinski definition) is 1. The zero-order chi connectivity index (χ0) is 22.2. The van der Waals surface area contributed by atoms with Crippen LogP contribution >= 0.6 is 27.7 Å². The van der Waals surface area contributed by atoms with E-state index in [2.05, 4.69) is 40.0 Å². The summed E-state index contributed by atoms with van der Waals surface area (Å²) < 4.78 is 0.955. The number of benzene rings is 2. The summed E-state index contributed by atoms with van der Waals surface area (Å²) in [5.41, 5.74) is 1.72. The standard InChI is InChI=1S/C24H28BrN3O2S/c1-3-27(4-2)14-8-13-26-23(29)17-28-20-11-5-6-12-21(20)31-22(24(28)30)16-18-9-7-10-19(25)15-18/h5-7,9-12,15-16H,3-4,8,13-14,17H2,1-2H3,(H,26,29)/b22-16+. The Bertz CT molecular complexity index is 959. The number of para-hydroxylation sites is 1. The molecule has 0 spiro atoms. The van der Waals surface area contributed by atoms with Crippen LogP contribution in [0.4, 0.5) is 5.69 Å². The van der Waals surface area contributed by atoms with Crippen LogP contribution in [0.2, 0.25) is 0 Å². The SMILES string of the molecule is CCN(CC)CCCNC(=O)CN1C(=O)/C(=C\c2cccc(Br)c2)Sc2ccccc21. The average Bonchev–Trinajstić information content (AvgIpc) is 2.77. The number of carbonyl (C=O) groups is 2. The minimum Gasteiger partial charge on any atom is -0.355 e. The maximum absolute atomic E-state index is 13.2. The molecule has 0 fully saturated rings. The lowest BCUT2D eigenvalue weighted by molar-refractivity contribution is -0.122. The molecule has 0 bridgehead atoms.